The zero-order valence-corrected chi connectivity index (χ0v) is 6.75. The van der Waals surface area contributed by atoms with Gasteiger partial charge >= 0.3 is 5.69 Å². The number of pyridine rings is 1. The van der Waals surface area contributed by atoms with Crippen LogP contribution in [0.4, 0.5) is 0 Å². The number of hydrogen-bond acceptors (Lipinski definition) is 4. The van der Waals surface area contributed by atoms with Crippen molar-refractivity contribution < 1.29 is 5.11 Å². The molecular formula is C7H5N3O4. The molecule has 0 aromatic carbocycles. The quantitative estimate of drug-likeness (QED) is 0.413. The van der Waals surface area contributed by atoms with Gasteiger partial charge in [0.05, 0.1) is 0 Å². The van der Waals surface area contributed by atoms with E-state index in [0.29, 0.717) is 0 Å². The number of rotatable bonds is 0. The van der Waals surface area contributed by atoms with Crippen LogP contribution in [-0.4, -0.2) is 20.1 Å². The van der Waals surface area contributed by atoms with Gasteiger partial charge in [-0.3, -0.25) is 19.6 Å². The average molecular weight is 195 g/mol. The Morgan fingerprint density at radius 2 is 1.79 bits per heavy atom. The summed E-state index contributed by atoms with van der Waals surface area (Å²) in [6.45, 7) is 0. The molecule has 14 heavy (non-hydrogen) atoms. The van der Waals surface area contributed by atoms with Crippen LogP contribution in [0.25, 0.3) is 11.0 Å². The normalized spacial score (nSPS) is 10.6. The molecule has 2 rings (SSSR count). The molecule has 0 saturated heterocycles. The van der Waals surface area contributed by atoms with Crippen molar-refractivity contribution >= 4 is 11.0 Å². The van der Waals surface area contributed by atoms with Gasteiger partial charge in [-0.25, -0.2) is 4.79 Å². The van der Waals surface area contributed by atoms with Gasteiger partial charge < -0.3 is 10.1 Å². The molecule has 2 heterocycles. The third-order valence-corrected chi connectivity index (χ3v) is 1.71. The van der Waals surface area contributed by atoms with Crippen molar-refractivity contribution in [3.63, 3.8) is 0 Å². The lowest BCUT2D eigenvalue weighted by atomic mass is 10.3. The lowest BCUT2D eigenvalue weighted by Crippen LogP contribution is -2.24. The smallest absolute Gasteiger partial charge is 0.327 e. The first-order valence-electron chi connectivity index (χ1n) is 3.66. The average Bonchev–Trinajstić information content (AvgIpc) is 1.99. The molecule has 0 aliphatic carbocycles. The zero-order chi connectivity index (χ0) is 10.3. The molecule has 0 amide bonds. The van der Waals surface area contributed by atoms with E-state index in [1.807, 2.05) is 4.98 Å². The predicted octanol–water partition coefficient (Wildman–Crippen LogP) is -1.39. The molecule has 72 valence electrons. The molecule has 0 fully saturated rings. The minimum absolute atomic E-state index is 0.0937. The van der Waals surface area contributed by atoms with E-state index in [0.717, 1.165) is 6.07 Å². The molecule has 0 spiro atoms. The highest BCUT2D eigenvalue weighted by molar-refractivity contribution is 5.79. The van der Waals surface area contributed by atoms with Crippen LogP contribution in [0.15, 0.2) is 20.4 Å². The molecule has 0 radical (unpaired) electrons. The monoisotopic (exact) mass is 195 g/mol. The second-order valence-electron chi connectivity index (χ2n) is 2.68. The van der Waals surface area contributed by atoms with Crippen LogP contribution in [0.5, 0.6) is 5.75 Å². The lowest BCUT2D eigenvalue weighted by Gasteiger charge is -1.97. The summed E-state index contributed by atoms with van der Waals surface area (Å²) < 4.78 is 0. The fourth-order valence-corrected chi connectivity index (χ4v) is 1.18. The van der Waals surface area contributed by atoms with E-state index in [4.69, 9.17) is 0 Å². The van der Waals surface area contributed by atoms with Gasteiger partial charge in [0.15, 0.2) is 0 Å². The van der Waals surface area contributed by atoms with Gasteiger partial charge in [-0.05, 0) is 0 Å². The van der Waals surface area contributed by atoms with E-state index >= 15 is 0 Å². The molecule has 0 aliphatic heterocycles. The summed E-state index contributed by atoms with van der Waals surface area (Å²) in [4.78, 5) is 39.2. The van der Waals surface area contributed by atoms with Crippen LogP contribution in [0.2, 0.25) is 0 Å². The van der Waals surface area contributed by atoms with E-state index in [1.165, 1.54) is 0 Å². The molecule has 0 atom stereocenters. The van der Waals surface area contributed by atoms with Crippen molar-refractivity contribution in [1.29, 1.82) is 0 Å². The van der Waals surface area contributed by atoms with Gasteiger partial charge in [0.1, 0.15) is 16.8 Å². The van der Waals surface area contributed by atoms with Gasteiger partial charge in [0.25, 0.3) is 11.1 Å². The standard InChI is InChI=1S/C7H5N3O4/c11-2-1-3(12)8-5-4(2)6(13)10-7(14)9-5/h1H,(H4,8,9,10,11,12,13,14). The lowest BCUT2D eigenvalue weighted by molar-refractivity contribution is 0.480. The van der Waals surface area contributed by atoms with E-state index in [2.05, 4.69) is 9.97 Å². The Balaban J connectivity index is 3.18. The highest BCUT2D eigenvalue weighted by Crippen LogP contribution is 2.12. The second-order valence-corrected chi connectivity index (χ2v) is 2.68. The number of hydrogen-bond donors (Lipinski definition) is 4. The Bertz CT molecular complexity index is 658. The van der Waals surface area contributed by atoms with Gasteiger partial charge in [-0.1, -0.05) is 0 Å². The van der Waals surface area contributed by atoms with Crippen molar-refractivity contribution in [3.05, 3.63) is 37.3 Å². The van der Waals surface area contributed by atoms with Crippen LogP contribution in [0.3, 0.4) is 0 Å². The Hall–Kier alpha value is -2.31. The molecular weight excluding hydrogens is 190 g/mol. The first-order chi connectivity index (χ1) is 6.58. The topological polar surface area (TPSA) is 119 Å². The maximum Gasteiger partial charge on any atom is 0.327 e. The second kappa shape index (κ2) is 2.59. The molecule has 0 unspecified atom stereocenters. The summed E-state index contributed by atoms with van der Waals surface area (Å²) in [7, 11) is 0. The molecule has 0 bridgehead atoms. The minimum Gasteiger partial charge on any atom is -0.507 e. The summed E-state index contributed by atoms with van der Waals surface area (Å²) in [5, 5.41) is 9.11. The van der Waals surface area contributed by atoms with Crippen molar-refractivity contribution in [2.45, 2.75) is 0 Å². The van der Waals surface area contributed by atoms with E-state index in [-0.39, 0.29) is 11.0 Å². The third-order valence-electron chi connectivity index (χ3n) is 1.71. The number of aromatic hydroxyl groups is 1. The van der Waals surface area contributed by atoms with Gasteiger partial charge in [-0.15, -0.1) is 0 Å². The van der Waals surface area contributed by atoms with E-state index in [1.54, 1.807) is 0 Å². The number of nitrogens with one attached hydrogen (secondary N) is 3. The van der Waals surface area contributed by atoms with E-state index in [9.17, 15) is 19.5 Å². The Morgan fingerprint density at radius 1 is 1.07 bits per heavy atom. The van der Waals surface area contributed by atoms with Crippen LogP contribution >= 0.6 is 0 Å². The summed E-state index contributed by atoms with van der Waals surface area (Å²) in [5.41, 5.74) is -2.19. The fourth-order valence-electron chi connectivity index (χ4n) is 1.18. The summed E-state index contributed by atoms with van der Waals surface area (Å²) in [6.07, 6.45) is 0. The Morgan fingerprint density at radius 3 is 2.50 bits per heavy atom. The number of aromatic nitrogens is 3. The van der Waals surface area contributed by atoms with Crippen LogP contribution in [0.1, 0.15) is 0 Å². The SMILES string of the molecule is O=c1cc(O)c2c(=O)[nH]c(=O)[nH]c2[nH]1. The highest BCUT2D eigenvalue weighted by atomic mass is 16.3. The fraction of sp³-hybridized carbons (Fsp3) is 0. The van der Waals surface area contributed by atoms with Crippen molar-refractivity contribution in [1.82, 2.24) is 15.0 Å². The van der Waals surface area contributed by atoms with E-state index < -0.39 is 22.6 Å². The largest absolute Gasteiger partial charge is 0.507 e. The zero-order valence-electron chi connectivity index (χ0n) is 6.75. The molecule has 4 N–H and O–H groups in total. The minimum atomic E-state index is -0.752. The summed E-state index contributed by atoms with van der Waals surface area (Å²) >= 11 is 0. The molecule has 0 saturated carbocycles. The van der Waals surface area contributed by atoms with Gasteiger partial charge in [0.2, 0.25) is 0 Å². The van der Waals surface area contributed by atoms with Crippen LogP contribution in [0, 0.1) is 0 Å². The molecule has 2 aromatic rings. The Kier molecular flexibility index (Phi) is 1.53. The number of fused-ring (bicyclic) bond motifs is 1. The van der Waals surface area contributed by atoms with Crippen molar-refractivity contribution in [3.8, 4) is 5.75 Å². The predicted molar refractivity (Wildman–Crippen MR) is 47.5 cm³/mol. The van der Waals surface area contributed by atoms with Crippen LogP contribution < -0.4 is 16.8 Å². The molecule has 0 aliphatic rings. The highest BCUT2D eigenvalue weighted by Gasteiger charge is 2.06. The number of H-pyrrole nitrogens is 3. The summed E-state index contributed by atoms with van der Waals surface area (Å²) in [6, 6.07) is 0.857. The van der Waals surface area contributed by atoms with Crippen molar-refractivity contribution in [2.75, 3.05) is 0 Å². The third kappa shape index (κ3) is 1.11. The van der Waals surface area contributed by atoms with Crippen LogP contribution in [-0.2, 0) is 0 Å². The molecule has 2 aromatic heterocycles. The maximum atomic E-state index is 11.2. The first-order valence-corrected chi connectivity index (χ1v) is 3.66. The summed E-state index contributed by atoms with van der Waals surface area (Å²) in [5.74, 6) is -0.471. The molecule has 7 heteroatoms. The first kappa shape index (κ1) is 8.30. The van der Waals surface area contributed by atoms with Gasteiger partial charge in [0, 0.05) is 6.07 Å². The molecule has 7 nitrogen and oxygen atoms in total. The number of aromatic amines is 3. The maximum absolute atomic E-state index is 11.2. The Labute approximate surface area is 75.1 Å². The van der Waals surface area contributed by atoms with Gasteiger partial charge in [-0.2, -0.15) is 0 Å². The van der Waals surface area contributed by atoms with Crippen molar-refractivity contribution in [2.24, 2.45) is 0 Å².